The lowest BCUT2D eigenvalue weighted by Crippen LogP contribution is -2.44. The summed E-state index contributed by atoms with van der Waals surface area (Å²) in [6.07, 6.45) is 0.0249. The van der Waals surface area contributed by atoms with Crippen molar-refractivity contribution in [2.75, 3.05) is 6.61 Å². The molecule has 0 spiro atoms. The van der Waals surface area contributed by atoms with Gasteiger partial charge in [0, 0.05) is 6.20 Å². The molecule has 0 aromatic carbocycles. The molecule has 1 aliphatic heterocycles. The summed E-state index contributed by atoms with van der Waals surface area (Å²) in [6, 6.07) is 1.70. The van der Waals surface area contributed by atoms with Gasteiger partial charge in [-0.05, 0) is 13.0 Å². The Kier molecular flexibility index (Phi) is 3.19. The molecule has 3 heterocycles. The van der Waals surface area contributed by atoms with E-state index in [0.717, 1.165) is 0 Å². The third-order valence-electron chi connectivity index (χ3n) is 3.65. The molecule has 0 saturated carbocycles. The monoisotopic (exact) mass is 299 g/mol. The highest BCUT2D eigenvalue weighted by atomic mass is 35.5. The van der Waals surface area contributed by atoms with E-state index in [1.54, 1.807) is 16.8 Å². The van der Waals surface area contributed by atoms with Crippen molar-refractivity contribution in [3.8, 4) is 0 Å². The summed E-state index contributed by atoms with van der Waals surface area (Å²) in [6.45, 7) is 1.06. The fourth-order valence-electron chi connectivity index (χ4n) is 2.52. The Morgan fingerprint density at radius 2 is 2.25 bits per heavy atom. The summed E-state index contributed by atoms with van der Waals surface area (Å²) in [5, 5.41) is 30.6. The molecule has 8 heteroatoms. The van der Waals surface area contributed by atoms with E-state index in [-0.39, 0.29) is 6.61 Å². The zero-order chi connectivity index (χ0) is 14.5. The minimum atomic E-state index is -1.56. The quantitative estimate of drug-likeness (QED) is 0.679. The lowest BCUT2D eigenvalue weighted by molar-refractivity contribution is -0.0948. The second-order valence-corrected chi connectivity index (χ2v) is 5.36. The number of hydrogen-bond acceptors (Lipinski definition) is 6. The number of hydrogen-bond donors (Lipinski definition) is 3. The van der Waals surface area contributed by atoms with Gasteiger partial charge >= 0.3 is 0 Å². The molecule has 0 radical (unpaired) electrons. The smallest absolute Gasteiger partial charge is 0.167 e. The molecule has 7 nitrogen and oxygen atoms in total. The Morgan fingerprint density at radius 3 is 2.90 bits per heavy atom. The first-order valence-corrected chi connectivity index (χ1v) is 6.48. The molecule has 1 saturated heterocycles. The van der Waals surface area contributed by atoms with Gasteiger partial charge in [-0.2, -0.15) is 0 Å². The second kappa shape index (κ2) is 4.64. The van der Waals surface area contributed by atoms with Gasteiger partial charge < -0.3 is 24.6 Å². The topological polar surface area (TPSA) is 101 Å². The minimum absolute atomic E-state index is 0.297. The first kappa shape index (κ1) is 13.7. The first-order chi connectivity index (χ1) is 9.46. The van der Waals surface area contributed by atoms with Crippen LogP contribution < -0.4 is 0 Å². The molecule has 0 bridgehead atoms. The number of aromatic nitrogens is 3. The van der Waals surface area contributed by atoms with Gasteiger partial charge in [0.05, 0.1) is 12.0 Å². The lowest BCUT2D eigenvalue weighted by atomic mass is 9.96. The lowest BCUT2D eigenvalue weighted by Gasteiger charge is -2.27. The number of halogens is 1. The van der Waals surface area contributed by atoms with Crippen molar-refractivity contribution in [3.05, 3.63) is 23.7 Å². The third-order valence-corrected chi connectivity index (χ3v) is 3.95. The maximum absolute atomic E-state index is 10.4. The van der Waals surface area contributed by atoms with Crippen LogP contribution in [0.25, 0.3) is 11.0 Å². The van der Waals surface area contributed by atoms with Crippen molar-refractivity contribution in [2.24, 2.45) is 0 Å². The highest BCUT2D eigenvalue weighted by Crippen LogP contribution is 2.39. The zero-order valence-corrected chi connectivity index (χ0v) is 11.4. The number of aliphatic hydroxyl groups excluding tert-OH is 2. The van der Waals surface area contributed by atoms with Gasteiger partial charge in [-0.1, -0.05) is 11.6 Å². The fourth-order valence-corrected chi connectivity index (χ4v) is 2.71. The highest BCUT2D eigenvalue weighted by molar-refractivity contribution is 6.33. The largest absolute Gasteiger partial charge is 0.394 e. The van der Waals surface area contributed by atoms with Gasteiger partial charge in [0.1, 0.15) is 34.9 Å². The summed E-state index contributed by atoms with van der Waals surface area (Å²) in [5.74, 6) is 0. The standard InChI is InChI=1S/C12H14ClN3O4/c1-12(19)8(18)7(4-17)20-11(12)16-3-2-6-9(13)14-5-15-10(6)16/h2-3,5,7-8,11,17-19H,4H2,1H3/t7-,8-,11-,12-/m1/s1. The van der Waals surface area contributed by atoms with E-state index < -0.39 is 24.0 Å². The zero-order valence-electron chi connectivity index (χ0n) is 10.6. The molecule has 20 heavy (non-hydrogen) atoms. The summed E-state index contributed by atoms with van der Waals surface area (Å²) in [7, 11) is 0. The molecular formula is C12H14ClN3O4. The van der Waals surface area contributed by atoms with Crippen LogP contribution in [0, 0.1) is 0 Å². The van der Waals surface area contributed by atoms with Gasteiger partial charge in [0.2, 0.25) is 0 Å². The normalized spacial score (nSPS) is 34.0. The summed E-state index contributed by atoms with van der Waals surface area (Å²) < 4.78 is 7.11. The number of rotatable bonds is 2. The number of fused-ring (bicyclic) bond motifs is 1. The van der Waals surface area contributed by atoms with Crippen LogP contribution in [0.4, 0.5) is 0 Å². The summed E-state index contributed by atoms with van der Waals surface area (Å²) in [5.41, 5.74) is -1.07. The molecule has 1 aliphatic rings. The van der Waals surface area contributed by atoms with Crippen molar-refractivity contribution < 1.29 is 20.1 Å². The van der Waals surface area contributed by atoms with Crippen LogP contribution in [-0.2, 0) is 4.74 Å². The molecule has 108 valence electrons. The number of nitrogens with zero attached hydrogens (tertiary/aromatic N) is 3. The van der Waals surface area contributed by atoms with Crippen molar-refractivity contribution >= 4 is 22.6 Å². The van der Waals surface area contributed by atoms with Crippen molar-refractivity contribution in [1.29, 1.82) is 0 Å². The first-order valence-electron chi connectivity index (χ1n) is 6.10. The number of aliphatic hydroxyl groups is 3. The second-order valence-electron chi connectivity index (χ2n) is 5.00. The molecule has 3 rings (SSSR count). The Balaban J connectivity index is 2.10. The Hall–Kier alpha value is -1.25. The van der Waals surface area contributed by atoms with Gasteiger partial charge in [0.15, 0.2) is 6.23 Å². The van der Waals surface area contributed by atoms with E-state index in [1.165, 1.54) is 13.3 Å². The van der Waals surface area contributed by atoms with Crippen LogP contribution >= 0.6 is 11.6 Å². The molecule has 0 unspecified atom stereocenters. The minimum Gasteiger partial charge on any atom is -0.394 e. The maximum Gasteiger partial charge on any atom is 0.167 e. The highest BCUT2D eigenvalue weighted by Gasteiger charge is 2.53. The predicted molar refractivity (Wildman–Crippen MR) is 70.2 cm³/mol. The molecule has 2 aromatic heterocycles. The molecular weight excluding hydrogens is 286 g/mol. The molecule has 0 aliphatic carbocycles. The van der Waals surface area contributed by atoms with E-state index in [1.807, 2.05) is 0 Å². The summed E-state index contributed by atoms with van der Waals surface area (Å²) >= 11 is 5.98. The molecule has 4 atom stereocenters. The summed E-state index contributed by atoms with van der Waals surface area (Å²) in [4.78, 5) is 8.00. The van der Waals surface area contributed by atoms with Crippen molar-refractivity contribution in [2.45, 2.75) is 31.0 Å². The van der Waals surface area contributed by atoms with Crippen LogP contribution in [0.2, 0.25) is 5.15 Å². The number of ether oxygens (including phenoxy) is 1. The maximum atomic E-state index is 10.4. The Bertz CT molecular complexity index is 645. The van der Waals surface area contributed by atoms with Gasteiger partial charge in [-0.25, -0.2) is 9.97 Å². The van der Waals surface area contributed by atoms with Gasteiger partial charge in [-0.3, -0.25) is 0 Å². The van der Waals surface area contributed by atoms with Crippen LogP contribution in [0.1, 0.15) is 13.2 Å². The van der Waals surface area contributed by atoms with Crippen LogP contribution in [0.3, 0.4) is 0 Å². The third kappa shape index (κ3) is 1.82. The van der Waals surface area contributed by atoms with Crippen molar-refractivity contribution in [3.63, 3.8) is 0 Å². The van der Waals surface area contributed by atoms with E-state index in [9.17, 15) is 15.3 Å². The fraction of sp³-hybridized carbons (Fsp3) is 0.500. The molecule has 0 amide bonds. The predicted octanol–water partition coefficient (Wildman–Crippen LogP) is 0.0863. The average Bonchev–Trinajstić information content (AvgIpc) is 2.92. The van der Waals surface area contributed by atoms with E-state index in [2.05, 4.69) is 9.97 Å². The van der Waals surface area contributed by atoms with Gasteiger partial charge in [0.25, 0.3) is 0 Å². The van der Waals surface area contributed by atoms with Crippen molar-refractivity contribution in [1.82, 2.24) is 14.5 Å². The van der Waals surface area contributed by atoms with Crippen LogP contribution in [-0.4, -0.2) is 54.3 Å². The Labute approximate surface area is 119 Å². The molecule has 2 aromatic rings. The molecule has 1 fully saturated rings. The van der Waals surface area contributed by atoms with Crippen LogP contribution in [0.5, 0.6) is 0 Å². The van der Waals surface area contributed by atoms with E-state index in [0.29, 0.717) is 16.2 Å². The van der Waals surface area contributed by atoms with Crippen LogP contribution in [0.15, 0.2) is 18.6 Å². The van der Waals surface area contributed by atoms with Gasteiger partial charge in [-0.15, -0.1) is 0 Å². The Morgan fingerprint density at radius 1 is 1.50 bits per heavy atom. The average molecular weight is 300 g/mol. The SMILES string of the molecule is C[C@@]1(O)[C@H](O)[C@@H](CO)O[C@H]1n1ccc2c(Cl)ncnc21. The molecule has 3 N–H and O–H groups in total. The van der Waals surface area contributed by atoms with E-state index >= 15 is 0 Å². The van der Waals surface area contributed by atoms with E-state index in [4.69, 9.17) is 16.3 Å².